The molecule has 1 fully saturated rings. The van der Waals surface area contributed by atoms with Gasteiger partial charge in [0.15, 0.2) is 0 Å². The predicted molar refractivity (Wildman–Crippen MR) is 102 cm³/mol. The number of rotatable bonds is 6. The van der Waals surface area contributed by atoms with Gasteiger partial charge in [-0.3, -0.25) is 10.1 Å². The van der Waals surface area contributed by atoms with E-state index in [-0.39, 0.29) is 5.91 Å². The molecule has 1 aromatic heterocycles. The molecule has 25 heavy (non-hydrogen) atoms. The van der Waals surface area contributed by atoms with Crippen LogP contribution in [-0.2, 0) is 10.5 Å². The predicted octanol–water partition coefficient (Wildman–Crippen LogP) is 4.33. The third-order valence-corrected chi connectivity index (χ3v) is 6.23. The van der Waals surface area contributed by atoms with E-state index >= 15 is 0 Å². The molecule has 7 heteroatoms. The Morgan fingerprint density at radius 2 is 2.00 bits per heavy atom. The summed E-state index contributed by atoms with van der Waals surface area (Å²) in [4.78, 5) is 12.1. The SMILES string of the molecule is N#Cc1ccc(CSCC(=O)Nc2nnc(C3CCCCC3)s2)cc1. The van der Waals surface area contributed by atoms with E-state index in [4.69, 9.17) is 5.26 Å². The topological polar surface area (TPSA) is 78.7 Å². The molecular formula is C18H20N4OS2. The van der Waals surface area contributed by atoms with Crippen molar-refractivity contribution in [3.8, 4) is 6.07 Å². The minimum Gasteiger partial charge on any atom is -0.300 e. The van der Waals surface area contributed by atoms with E-state index in [1.165, 1.54) is 43.4 Å². The van der Waals surface area contributed by atoms with Crippen molar-refractivity contribution in [1.82, 2.24) is 10.2 Å². The molecule has 0 radical (unpaired) electrons. The van der Waals surface area contributed by atoms with Crippen LogP contribution in [0.5, 0.6) is 0 Å². The number of hydrogen-bond donors (Lipinski definition) is 1. The Labute approximate surface area is 155 Å². The van der Waals surface area contributed by atoms with E-state index in [1.807, 2.05) is 12.1 Å². The molecule has 0 spiro atoms. The lowest BCUT2D eigenvalue weighted by Gasteiger charge is -2.18. The minimum absolute atomic E-state index is 0.0509. The van der Waals surface area contributed by atoms with Crippen molar-refractivity contribution in [2.45, 2.75) is 43.8 Å². The normalized spacial score (nSPS) is 14.8. The molecule has 2 aromatic rings. The van der Waals surface area contributed by atoms with Gasteiger partial charge in [-0.1, -0.05) is 42.7 Å². The van der Waals surface area contributed by atoms with E-state index in [2.05, 4.69) is 21.6 Å². The summed E-state index contributed by atoms with van der Waals surface area (Å²) in [6, 6.07) is 9.53. The first-order valence-electron chi connectivity index (χ1n) is 8.44. The summed E-state index contributed by atoms with van der Waals surface area (Å²) in [6.45, 7) is 0. The zero-order chi connectivity index (χ0) is 17.5. The highest BCUT2D eigenvalue weighted by molar-refractivity contribution is 7.99. The monoisotopic (exact) mass is 372 g/mol. The van der Waals surface area contributed by atoms with Gasteiger partial charge in [0.2, 0.25) is 11.0 Å². The largest absolute Gasteiger partial charge is 0.300 e. The van der Waals surface area contributed by atoms with Gasteiger partial charge < -0.3 is 0 Å². The first kappa shape index (κ1) is 17.9. The van der Waals surface area contributed by atoms with E-state index in [0.29, 0.717) is 22.4 Å². The van der Waals surface area contributed by atoms with Crippen molar-refractivity contribution in [1.29, 1.82) is 5.26 Å². The fraction of sp³-hybridized carbons (Fsp3) is 0.444. The molecule has 0 unspecified atom stereocenters. The third-order valence-electron chi connectivity index (χ3n) is 4.23. The van der Waals surface area contributed by atoms with Crippen LogP contribution < -0.4 is 5.32 Å². The van der Waals surface area contributed by atoms with Gasteiger partial charge in [-0.15, -0.1) is 22.0 Å². The maximum Gasteiger partial charge on any atom is 0.236 e. The van der Waals surface area contributed by atoms with Crippen LogP contribution in [0.25, 0.3) is 0 Å². The second-order valence-corrected chi connectivity index (χ2v) is 8.12. The van der Waals surface area contributed by atoms with Crippen LogP contribution in [-0.4, -0.2) is 21.9 Å². The Kier molecular flexibility index (Phi) is 6.42. The van der Waals surface area contributed by atoms with Crippen molar-refractivity contribution in [3.05, 3.63) is 40.4 Å². The Bertz CT molecular complexity index is 745. The molecule has 5 nitrogen and oxygen atoms in total. The van der Waals surface area contributed by atoms with Crippen LogP contribution in [0.1, 0.15) is 54.2 Å². The van der Waals surface area contributed by atoms with E-state index in [0.717, 1.165) is 16.3 Å². The maximum absolute atomic E-state index is 12.1. The molecule has 0 atom stereocenters. The second-order valence-electron chi connectivity index (χ2n) is 6.13. The third kappa shape index (κ3) is 5.28. The molecule has 1 aliphatic rings. The van der Waals surface area contributed by atoms with Crippen molar-refractivity contribution in [2.75, 3.05) is 11.1 Å². The van der Waals surface area contributed by atoms with Crippen LogP contribution in [0.2, 0.25) is 0 Å². The first-order chi connectivity index (χ1) is 12.2. The van der Waals surface area contributed by atoms with Crippen molar-refractivity contribution >= 4 is 34.1 Å². The van der Waals surface area contributed by atoms with E-state index in [1.54, 1.807) is 23.9 Å². The smallest absolute Gasteiger partial charge is 0.236 e. The zero-order valence-electron chi connectivity index (χ0n) is 13.9. The quantitative estimate of drug-likeness (QED) is 0.816. The highest BCUT2D eigenvalue weighted by atomic mass is 32.2. The van der Waals surface area contributed by atoms with Gasteiger partial charge in [0.1, 0.15) is 5.01 Å². The standard InChI is InChI=1S/C18H20N4OS2/c19-10-13-6-8-14(9-7-13)11-24-12-16(23)20-18-22-21-17(25-18)15-4-2-1-3-5-15/h6-9,15H,1-5,11-12H2,(H,20,22,23). The molecule has 1 heterocycles. The number of thioether (sulfide) groups is 1. The average Bonchev–Trinajstić information content (AvgIpc) is 3.11. The van der Waals surface area contributed by atoms with E-state index in [9.17, 15) is 4.79 Å². The van der Waals surface area contributed by atoms with Crippen molar-refractivity contribution in [2.24, 2.45) is 0 Å². The lowest BCUT2D eigenvalue weighted by molar-refractivity contribution is -0.113. The number of benzene rings is 1. The summed E-state index contributed by atoms with van der Waals surface area (Å²) in [6.07, 6.45) is 6.21. The van der Waals surface area contributed by atoms with Gasteiger partial charge in [-0.05, 0) is 30.5 Å². The Balaban J connectivity index is 1.43. The summed E-state index contributed by atoms with van der Waals surface area (Å²) >= 11 is 3.05. The van der Waals surface area contributed by atoms with Gasteiger partial charge in [-0.2, -0.15) is 5.26 Å². The molecule has 1 saturated carbocycles. The van der Waals surface area contributed by atoms with Crippen LogP contribution >= 0.6 is 23.1 Å². The highest BCUT2D eigenvalue weighted by Gasteiger charge is 2.20. The van der Waals surface area contributed by atoms with Gasteiger partial charge in [0, 0.05) is 11.7 Å². The van der Waals surface area contributed by atoms with Crippen molar-refractivity contribution in [3.63, 3.8) is 0 Å². The molecule has 1 aliphatic carbocycles. The number of anilines is 1. The molecule has 130 valence electrons. The maximum atomic E-state index is 12.1. The number of aromatic nitrogens is 2. The summed E-state index contributed by atoms with van der Waals surface area (Å²) in [5.74, 6) is 1.58. The summed E-state index contributed by atoms with van der Waals surface area (Å²) in [5, 5.41) is 21.7. The van der Waals surface area contributed by atoms with Gasteiger partial charge in [0.25, 0.3) is 0 Å². The Morgan fingerprint density at radius 3 is 2.72 bits per heavy atom. The molecule has 1 aromatic carbocycles. The number of carbonyl (C=O) groups excluding carboxylic acids is 1. The fourth-order valence-corrected chi connectivity index (χ4v) is 4.61. The molecule has 1 N–H and O–H groups in total. The van der Waals surface area contributed by atoms with Crippen LogP contribution in [0, 0.1) is 11.3 Å². The highest BCUT2D eigenvalue weighted by Crippen LogP contribution is 2.35. The molecule has 3 rings (SSSR count). The molecule has 0 aliphatic heterocycles. The summed E-state index contributed by atoms with van der Waals surface area (Å²) in [5.41, 5.74) is 1.75. The minimum atomic E-state index is -0.0509. The number of hydrogen-bond acceptors (Lipinski definition) is 6. The number of nitrogens with one attached hydrogen (secondary N) is 1. The fourth-order valence-electron chi connectivity index (χ4n) is 2.89. The Hall–Kier alpha value is -1.91. The molecule has 1 amide bonds. The van der Waals surface area contributed by atoms with Gasteiger partial charge in [-0.25, -0.2) is 0 Å². The van der Waals surface area contributed by atoms with Crippen LogP contribution in [0.15, 0.2) is 24.3 Å². The Morgan fingerprint density at radius 1 is 1.24 bits per heavy atom. The number of nitriles is 1. The summed E-state index contributed by atoms with van der Waals surface area (Å²) < 4.78 is 0. The lowest BCUT2D eigenvalue weighted by Crippen LogP contribution is -2.14. The van der Waals surface area contributed by atoms with Crippen molar-refractivity contribution < 1.29 is 4.79 Å². The van der Waals surface area contributed by atoms with Gasteiger partial charge in [0.05, 0.1) is 17.4 Å². The zero-order valence-corrected chi connectivity index (χ0v) is 15.5. The van der Waals surface area contributed by atoms with Crippen LogP contribution in [0.3, 0.4) is 0 Å². The number of amides is 1. The van der Waals surface area contributed by atoms with Crippen LogP contribution in [0.4, 0.5) is 5.13 Å². The molecule has 0 saturated heterocycles. The second kappa shape index (κ2) is 8.97. The van der Waals surface area contributed by atoms with E-state index < -0.39 is 0 Å². The first-order valence-corrected chi connectivity index (χ1v) is 10.4. The average molecular weight is 373 g/mol. The number of carbonyl (C=O) groups is 1. The van der Waals surface area contributed by atoms with Gasteiger partial charge >= 0.3 is 0 Å². The number of nitrogens with zero attached hydrogens (tertiary/aromatic N) is 3. The molecule has 0 bridgehead atoms. The molecular weight excluding hydrogens is 352 g/mol. The lowest BCUT2D eigenvalue weighted by atomic mass is 9.90. The summed E-state index contributed by atoms with van der Waals surface area (Å²) in [7, 11) is 0.